The second kappa shape index (κ2) is 5.26. The molecule has 1 heterocycles. The largest absolute Gasteiger partial charge is 0.390 e. The molecule has 0 aromatic carbocycles. The van der Waals surface area contributed by atoms with Gasteiger partial charge in [-0.1, -0.05) is 0 Å². The van der Waals surface area contributed by atoms with Crippen LogP contribution in [0.5, 0.6) is 0 Å². The normalized spacial score (nSPS) is 28.8. The lowest BCUT2D eigenvalue weighted by molar-refractivity contribution is 0.0120. The third-order valence-corrected chi connectivity index (χ3v) is 2.53. The molecule has 1 aliphatic rings. The van der Waals surface area contributed by atoms with Crippen LogP contribution in [0.3, 0.4) is 0 Å². The molecule has 2 nitrogen and oxygen atoms in total. The van der Waals surface area contributed by atoms with Gasteiger partial charge in [-0.15, -0.1) is 11.8 Å². The zero-order valence-corrected chi connectivity index (χ0v) is 8.31. The maximum Gasteiger partial charge on any atom is 0.0679 e. The Labute approximate surface area is 80.3 Å². The van der Waals surface area contributed by atoms with Gasteiger partial charge in [-0.2, -0.15) is 0 Å². The van der Waals surface area contributed by atoms with E-state index >= 15 is 0 Å². The molecule has 2 heteroatoms. The fourth-order valence-corrected chi connectivity index (χ4v) is 1.66. The van der Waals surface area contributed by atoms with Crippen molar-refractivity contribution < 1.29 is 9.84 Å². The lowest BCUT2D eigenvalue weighted by Crippen LogP contribution is -2.28. The minimum absolute atomic E-state index is 0.514. The van der Waals surface area contributed by atoms with Gasteiger partial charge in [0.2, 0.25) is 0 Å². The summed E-state index contributed by atoms with van der Waals surface area (Å²) in [6.07, 6.45) is 4.18. The Balaban J connectivity index is 2.36. The van der Waals surface area contributed by atoms with Crippen LogP contribution < -0.4 is 0 Å². The summed E-state index contributed by atoms with van der Waals surface area (Å²) in [5.41, 5.74) is -0.514. The van der Waals surface area contributed by atoms with Crippen molar-refractivity contribution in [3.8, 4) is 11.8 Å². The molecule has 1 saturated heterocycles. The van der Waals surface area contributed by atoms with Crippen LogP contribution in [0, 0.1) is 11.8 Å². The number of hydrogen-bond acceptors (Lipinski definition) is 2. The van der Waals surface area contributed by atoms with Crippen molar-refractivity contribution in [2.45, 2.75) is 44.6 Å². The highest BCUT2D eigenvalue weighted by atomic mass is 16.5. The molecule has 1 N–H and O–H groups in total. The Morgan fingerprint density at radius 1 is 1.38 bits per heavy atom. The maximum atomic E-state index is 10.1. The standard InChI is InChI=1S/C11H18O2/c1-2-3-4-6-11(12)7-5-9-13-10-8-11/h12H,4-10H2,1H3. The van der Waals surface area contributed by atoms with Gasteiger partial charge < -0.3 is 9.84 Å². The Morgan fingerprint density at radius 2 is 2.23 bits per heavy atom. The summed E-state index contributed by atoms with van der Waals surface area (Å²) in [7, 11) is 0. The lowest BCUT2D eigenvalue weighted by Gasteiger charge is -2.24. The Bertz CT molecular complexity index is 192. The third-order valence-electron chi connectivity index (χ3n) is 2.53. The Morgan fingerprint density at radius 3 is 3.00 bits per heavy atom. The minimum Gasteiger partial charge on any atom is -0.390 e. The third kappa shape index (κ3) is 3.80. The second-order valence-electron chi connectivity index (χ2n) is 3.62. The average molecular weight is 182 g/mol. The molecule has 1 atom stereocenters. The second-order valence-corrected chi connectivity index (χ2v) is 3.62. The van der Waals surface area contributed by atoms with Crippen molar-refractivity contribution in [3.05, 3.63) is 0 Å². The molecule has 1 rings (SSSR count). The van der Waals surface area contributed by atoms with E-state index in [2.05, 4.69) is 11.8 Å². The molecular formula is C11H18O2. The molecule has 1 aliphatic heterocycles. The Kier molecular flexibility index (Phi) is 4.27. The molecule has 13 heavy (non-hydrogen) atoms. The molecule has 0 saturated carbocycles. The molecule has 74 valence electrons. The fourth-order valence-electron chi connectivity index (χ4n) is 1.66. The first-order valence-electron chi connectivity index (χ1n) is 4.97. The summed E-state index contributed by atoms with van der Waals surface area (Å²) in [5, 5.41) is 10.1. The summed E-state index contributed by atoms with van der Waals surface area (Å²) in [6, 6.07) is 0. The van der Waals surface area contributed by atoms with E-state index in [4.69, 9.17) is 4.74 Å². The van der Waals surface area contributed by atoms with Gasteiger partial charge in [0, 0.05) is 19.6 Å². The van der Waals surface area contributed by atoms with Crippen molar-refractivity contribution in [1.82, 2.24) is 0 Å². The van der Waals surface area contributed by atoms with Crippen molar-refractivity contribution in [1.29, 1.82) is 0 Å². The van der Waals surface area contributed by atoms with Crippen molar-refractivity contribution in [3.63, 3.8) is 0 Å². The highest BCUT2D eigenvalue weighted by Crippen LogP contribution is 2.25. The first-order chi connectivity index (χ1) is 6.27. The molecule has 1 unspecified atom stereocenters. The van der Waals surface area contributed by atoms with Crippen LogP contribution in [0.25, 0.3) is 0 Å². The highest BCUT2D eigenvalue weighted by molar-refractivity contribution is 4.97. The van der Waals surface area contributed by atoms with Crippen molar-refractivity contribution in [2.24, 2.45) is 0 Å². The van der Waals surface area contributed by atoms with Crippen molar-refractivity contribution in [2.75, 3.05) is 13.2 Å². The number of rotatable bonds is 2. The zero-order valence-electron chi connectivity index (χ0n) is 8.31. The summed E-state index contributed by atoms with van der Waals surface area (Å²) < 4.78 is 5.30. The maximum absolute atomic E-state index is 10.1. The van der Waals surface area contributed by atoms with Gasteiger partial charge in [-0.05, 0) is 32.6 Å². The molecule has 0 aliphatic carbocycles. The van der Waals surface area contributed by atoms with E-state index in [0.717, 1.165) is 38.7 Å². The van der Waals surface area contributed by atoms with Gasteiger partial charge in [-0.3, -0.25) is 0 Å². The van der Waals surface area contributed by atoms with Crippen LogP contribution in [0.15, 0.2) is 0 Å². The molecule has 0 bridgehead atoms. The van der Waals surface area contributed by atoms with Gasteiger partial charge in [0.1, 0.15) is 0 Å². The molecule has 0 amide bonds. The monoisotopic (exact) mass is 182 g/mol. The SMILES string of the molecule is CC#CCCC1(O)CCCOCC1. The van der Waals surface area contributed by atoms with Crippen LogP contribution in [0.1, 0.15) is 39.0 Å². The fraction of sp³-hybridized carbons (Fsp3) is 0.818. The molecular weight excluding hydrogens is 164 g/mol. The van der Waals surface area contributed by atoms with E-state index < -0.39 is 5.60 Å². The van der Waals surface area contributed by atoms with Gasteiger partial charge in [-0.25, -0.2) is 0 Å². The van der Waals surface area contributed by atoms with Gasteiger partial charge in [0.25, 0.3) is 0 Å². The van der Waals surface area contributed by atoms with Crippen LogP contribution in [0.4, 0.5) is 0 Å². The van der Waals surface area contributed by atoms with Crippen LogP contribution in [-0.4, -0.2) is 23.9 Å². The van der Waals surface area contributed by atoms with Crippen LogP contribution in [-0.2, 0) is 4.74 Å². The summed E-state index contributed by atoms with van der Waals surface area (Å²) in [4.78, 5) is 0. The molecule has 1 fully saturated rings. The molecule has 0 radical (unpaired) electrons. The predicted molar refractivity (Wildman–Crippen MR) is 52.3 cm³/mol. The van der Waals surface area contributed by atoms with Gasteiger partial charge in [0.05, 0.1) is 5.60 Å². The minimum atomic E-state index is -0.514. The molecule has 0 aromatic rings. The number of aliphatic hydroxyl groups is 1. The number of hydrogen-bond donors (Lipinski definition) is 1. The topological polar surface area (TPSA) is 29.5 Å². The summed E-state index contributed by atoms with van der Waals surface area (Å²) in [6.45, 7) is 3.32. The Hall–Kier alpha value is -0.520. The van der Waals surface area contributed by atoms with E-state index in [1.165, 1.54) is 0 Å². The van der Waals surface area contributed by atoms with Gasteiger partial charge >= 0.3 is 0 Å². The quantitative estimate of drug-likeness (QED) is 0.659. The van der Waals surface area contributed by atoms with Crippen LogP contribution in [0.2, 0.25) is 0 Å². The molecule has 0 aromatic heterocycles. The van der Waals surface area contributed by atoms with Crippen LogP contribution >= 0.6 is 0 Å². The lowest BCUT2D eigenvalue weighted by atomic mass is 9.90. The van der Waals surface area contributed by atoms with E-state index in [1.54, 1.807) is 0 Å². The summed E-state index contributed by atoms with van der Waals surface area (Å²) >= 11 is 0. The number of ether oxygens (including phenoxy) is 1. The van der Waals surface area contributed by atoms with E-state index in [9.17, 15) is 5.11 Å². The van der Waals surface area contributed by atoms with E-state index in [0.29, 0.717) is 6.61 Å². The highest BCUT2D eigenvalue weighted by Gasteiger charge is 2.27. The zero-order chi connectivity index (χ0) is 9.57. The molecule has 0 spiro atoms. The smallest absolute Gasteiger partial charge is 0.0679 e. The first kappa shape index (κ1) is 10.6. The van der Waals surface area contributed by atoms with E-state index in [-0.39, 0.29) is 0 Å². The van der Waals surface area contributed by atoms with Gasteiger partial charge in [0.15, 0.2) is 0 Å². The van der Waals surface area contributed by atoms with E-state index in [1.807, 2.05) is 6.92 Å². The average Bonchev–Trinajstić information content (AvgIpc) is 2.31. The first-order valence-corrected chi connectivity index (χ1v) is 4.97. The predicted octanol–water partition coefficient (Wildman–Crippen LogP) is 1.72. The summed E-state index contributed by atoms with van der Waals surface area (Å²) in [5.74, 6) is 5.84. The van der Waals surface area contributed by atoms with Crippen molar-refractivity contribution >= 4 is 0 Å².